The Morgan fingerprint density at radius 3 is 2.62 bits per heavy atom. The zero-order valence-electron chi connectivity index (χ0n) is 8.21. The number of alkyl halides is 3. The molecule has 1 aliphatic rings. The van der Waals surface area contributed by atoms with Gasteiger partial charge in [0.2, 0.25) is 0 Å². The normalized spacial score (nSPS) is 15.4. The summed E-state index contributed by atoms with van der Waals surface area (Å²) in [5.74, 6) is -0.648. The van der Waals surface area contributed by atoms with E-state index in [1.54, 1.807) is 12.1 Å². The van der Waals surface area contributed by atoms with E-state index < -0.39 is 18.6 Å². The lowest BCUT2D eigenvalue weighted by Crippen LogP contribution is -2.34. The van der Waals surface area contributed by atoms with Crippen molar-refractivity contribution >= 4 is 11.6 Å². The molecule has 6 heteroatoms. The molecule has 0 aromatic heterocycles. The number of fused-ring (bicyclic) bond motifs is 1. The van der Waals surface area contributed by atoms with Crippen molar-refractivity contribution in [2.24, 2.45) is 0 Å². The first kappa shape index (κ1) is 10.8. The average molecular weight is 230 g/mol. The second-order valence-corrected chi connectivity index (χ2v) is 3.66. The van der Waals surface area contributed by atoms with Crippen LogP contribution in [0.1, 0.15) is 15.9 Å². The molecule has 1 aliphatic heterocycles. The Kier molecular flexibility index (Phi) is 2.29. The highest BCUT2D eigenvalue weighted by Gasteiger charge is 2.37. The quantitative estimate of drug-likeness (QED) is 0.747. The molecule has 0 radical (unpaired) electrons. The van der Waals surface area contributed by atoms with Gasteiger partial charge in [0.15, 0.2) is 0 Å². The van der Waals surface area contributed by atoms with Gasteiger partial charge in [-0.05, 0) is 11.6 Å². The summed E-state index contributed by atoms with van der Waals surface area (Å²) in [6, 6.07) is 4.74. The summed E-state index contributed by atoms with van der Waals surface area (Å²) in [5.41, 5.74) is 6.54. The molecule has 2 rings (SSSR count). The minimum atomic E-state index is -4.38. The number of hydrogen-bond acceptors (Lipinski definition) is 2. The van der Waals surface area contributed by atoms with Crippen molar-refractivity contribution < 1.29 is 18.0 Å². The van der Waals surface area contributed by atoms with Gasteiger partial charge in [0.1, 0.15) is 6.54 Å². The molecule has 0 fully saturated rings. The lowest BCUT2D eigenvalue weighted by Gasteiger charge is -2.17. The van der Waals surface area contributed by atoms with Crippen LogP contribution in [0.2, 0.25) is 0 Å². The van der Waals surface area contributed by atoms with Crippen molar-refractivity contribution in [3.8, 4) is 0 Å². The van der Waals surface area contributed by atoms with Gasteiger partial charge in [-0.3, -0.25) is 4.79 Å². The molecule has 86 valence electrons. The minimum absolute atomic E-state index is 0.0291. The molecule has 0 aliphatic carbocycles. The van der Waals surface area contributed by atoms with Gasteiger partial charge in [-0.2, -0.15) is 13.2 Å². The van der Waals surface area contributed by atoms with E-state index in [0.717, 1.165) is 4.90 Å². The number of anilines is 1. The maximum Gasteiger partial charge on any atom is 0.406 e. The largest absolute Gasteiger partial charge is 0.406 e. The van der Waals surface area contributed by atoms with Crippen LogP contribution in [0.15, 0.2) is 18.2 Å². The van der Waals surface area contributed by atoms with E-state index in [1.165, 1.54) is 6.07 Å². The molecule has 0 unspecified atom stereocenters. The molecule has 16 heavy (non-hydrogen) atoms. The summed E-state index contributed by atoms with van der Waals surface area (Å²) in [7, 11) is 0. The third-order valence-electron chi connectivity index (χ3n) is 2.42. The maximum absolute atomic E-state index is 12.2. The Labute approximate surface area is 89.6 Å². The van der Waals surface area contributed by atoms with E-state index in [2.05, 4.69) is 0 Å². The standard InChI is InChI=1S/C10H9F3N2O/c11-10(12,13)5-15-4-6-2-1-3-7(14)8(6)9(15)16/h1-3H,4-5,14H2. The maximum atomic E-state index is 12.2. The second-order valence-electron chi connectivity index (χ2n) is 3.66. The summed E-state index contributed by atoms with van der Waals surface area (Å²) in [5, 5.41) is 0. The van der Waals surface area contributed by atoms with Gasteiger partial charge < -0.3 is 10.6 Å². The first-order chi connectivity index (χ1) is 7.38. The number of benzene rings is 1. The fraction of sp³-hybridized carbons (Fsp3) is 0.300. The van der Waals surface area contributed by atoms with Crippen molar-refractivity contribution in [1.29, 1.82) is 0 Å². The molecular weight excluding hydrogens is 221 g/mol. The van der Waals surface area contributed by atoms with Gasteiger partial charge in [0, 0.05) is 12.2 Å². The molecule has 0 spiro atoms. The molecular formula is C10H9F3N2O. The van der Waals surface area contributed by atoms with E-state index in [-0.39, 0.29) is 17.8 Å². The third-order valence-corrected chi connectivity index (χ3v) is 2.42. The first-order valence-electron chi connectivity index (χ1n) is 4.62. The highest BCUT2D eigenvalue weighted by Crippen LogP contribution is 2.29. The summed E-state index contributed by atoms with van der Waals surface area (Å²) in [4.78, 5) is 12.4. The lowest BCUT2D eigenvalue weighted by molar-refractivity contribution is -0.140. The van der Waals surface area contributed by atoms with Crippen molar-refractivity contribution in [3.63, 3.8) is 0 Å². The van der Waals surface area contributed by atoms with Gasteiger partial charge in [0.05, 0.1) is 5.56 Å². The van der Waals surface area contributed by atoms with Gasteiger partial charge in [-0.25, -0.2) is 0 Å². The molecule has 0 saturated heterocycles. The van der Waals surface area contributed by atoms with E-state index in [0.29, 0.717) is 5.56 Å². The predicted octanol–water partition coefficient (Wildman–Crippen LogP) is 1.79. The molecule has 1 aromatic rings. The van der Waals surface area contributed by atoms with Crippen molar-refractivity contribution in [2.45, 2.75) is 12.7 Å². The van der Waals surface area contributed by atoms with Crippen LogP contribution in [0.3, 0.4) is 0 Å². The van der Waals surface area contributed by atoms with Crippen LogP contribution < -0.4 is 5.73 Å². The Morgan fingerprint density at radius 1 is 1.38 bits per heavy atom. The Morgan fingerprint density at radius 2 is 2.06 bits per heavy atom. The predicted molar refractivity (Wildman–Crippen MR) is 51.6 cm³/mol. The summed E-state index contributed by atoms with van der Waals surface area (Å²) in [6.07, 6.45) is -4.38. The molecule has 0 atom stereocenters. The topological polar surface area (TPSA) is 46.3 Å². The summed E-state index contributed by atoms with van der Waals surface area (Å²) >= 11 is 0. The molecule has 0 bridgehead atoms. The van der Waals surface area contributed by atoms with Crippen LogP contribution in [0, 0.1) is 0 Å². The number of carbonyl (C=O) groups excluding carboxylic acids is 1. The Hall–Kier alpha value is -1.72. The number of rotatable bonds is 1. The van der Waals surface area contributed by atoms with Crippen LogP contribution in [0.5, 0.6) is 0 Å². The second kappa shape index (κ2) is 3.40. The fourth-order valence-corrected chi connectivity index (χ4v) is 1.79. The smallest absolute Gasteiger partial charge is 0.398 e. The number of halogens is 3. The number of amides is 1. The molecule has 2 N–H and O–H groups in total. The van der Waals surface area contributed by atoms with Gasteiger partial charge >= 0.3 is 6.18 Å². The molecule has 1 heterocycles. The Bertz CT molecular complexity index is 442. The monoisotopic (exact) mass is 230 g/mol. The number of hydrogen-bond donors (Lipinski definition) is 1. The van der Waals surface area contributed by atoms with E-state index in [9.17, 15) is 18.0 Å². The minimum Gasteiger partial charge on any atom is -0.398 e. The van der Waals surface area contributed by atoms with Crippen LogP contribution in [0.25, 0.3) is 0 Å². The number of nitrogens with zero attached hydrogens (tertiary/aromatic N) is 1. The van der Waals surface area contributed by atoms with Gasteiger partial charge in [-0.1, -0.05) is 12.1 Å². The van der Waals surface area contributed by atoms with Crippen LogP contribution in [0.4, 0.5) is 18.9 Å². The lowest BCUT2D eigenvalue weighted by atomic mass is 10.1. The van der Waals surface area contributed by atoms with Crippen LogP contribution in [-0.4, -0.2) is 23.5 Å². The van der Waals surface area contributed by atoms with Gasteiger partial charge in [0.25, 0.3) is 5.91 Å². The van der Waals surface area contributed by atoms with E-state index in [1.807, 2.05) is 0 Å². The van der Waals surface area contributed by atoms with Gasteiger partial charge in [-0.15, -0.1) is 0 Å². The fourth-order valence-electron chi connectivity index (χ4n) is 1.79. The Balaban J connectivity index is 2.28. The highest BCUT2D eigenvalue weighted by molar-refractivity contribution is 6.03. The van der Waals surface area contributed by atoms with Crippen molar-refractivity contribution in [2.75, 3.05) is 12.3 Å². The first-order valence-corrected chi connectivity index (χ1v) is 4.62. The zero-order valence-corrected chi connectivity index (χ0v) is 8.21. The van der Waals surface area contributed by atoms with Crippen molar-refractivity contribution in [3.05, 3.63) is 29.3 Å². The van der Waals surface area contributed by atoms with Crippen LogP contribution in [-0.2, 0) is 6.54 Å². The summed E-state index contributed by atoms with van der Waals surface area (Å²) in [6.45, 7) is -1.27. The highest BCUT2D eigenvalue weighted by atomic mass is 19.4. The van der Waals surface area contributed by atoms with E-state index in [4.69, 9.17) is 5.73 Å². The molecule has 1 amide bonds. The number of nitrogen functional groups attached to an aromatic ring is 1. The molecule has 3 nitrogen and oxygen atoms in total. The third kappa shape index (κ3) is 1.82. The van der Waals surface area contributed by atoms with Crippen molar-refractivity contribution in [1.82, 2.24) is 4.90 Å². The summed E-state index contributed by atoms with van der Waals surface area (Å²) < 4.78 is 36.5. The zero-order chi connectivity index (χ0) is 11.9. The SMILES string of the molecule is Nc1cccc2c1C(=O)N(CC(F)(F)F)C2. The molecule has 0 saturated carbocycles. The molecule has 1 aromatic carbocycles. The number of carbonyl (C=O) groups is 1. The number of nitrogens with two attached hydrogens (primary N) is 1. The van der Waals surface area contributed by atoms with E-state index >= 15 is 0 Å². The average Bonchev–Trinajstić information content (AvgIpc) is 2.42. The van der Waals surface area contributed by atoms with Crippen LogP contribution >= 0.6 is 0 Å².